The molecule has 4 atom stereocenters. The van der Waals surface area contributed by atoms with Crippen LogP contribution in [0.1, 0.15) is 80.8 Å². The molecular formula is C34H48N2O5. The number of hydrogen-bond donors (Lipinski definition) is 0. The van der Waals surface area contributed by atoms with E-state index < -0.39 is 0 Å². The normalized spacial score (nSPS) is 23.9. The molecule has 0 saturated carbocycles. The van der Waals surface area contributed by atoms with Crippen LogP contribution in [0.3, 0.4) is 0 Å². The zero-order chi connectivity index (χ0) is 29.3. The molecule has 0 aliphatic carbocycles. The van der Waals surface area contributed by atoms with Crippen molar-refractivity contribution in [1.82, 2.24) is 9.80 Å². The summed E-state index contributed by atoms with van der Waals surface area (Å²) in [5.74, 6) is 4.76. The van der Waals surface area contributed by atoms with Crippen molar-refractivity contribution in [1.29, 1.82) is 0 Å². The Morgan fingerprint density at radius 1 is 0.829 bits per heavy atom. The number of methoxy groups -OCH3 is 4. The fourth-order valence-electron chi connectivity index (χ4n) is 7.59. The number of ether oxygens (including phenoxy) is 4. The molecule has 0 radical (unpaired) electrons. The maximum absolute atomic E-state index is 13.7. The molecule has 7 nitrogen and oxygen atoms in total. The highest BCUT2D eigenvalue weighted by Crippen LogP contribution is 2.49. The summed E-state index contributed by atoms with van der Waals surface area (Å²) in [4.78, 5) is 18.5. The second kappa shape index (κ2) is 12.5. The molecule has 7 heteroatoms. The van der Waals surface area contributed by atoms with Gasteiger partial charge < -0.3 is 23.8 Å². The summed E-state index contributed by atoms with van der Waals surface area (Å²) in [5.41, 5.74) is 5.23. The van der Waals surface area contributed by atoms with E-state index in [1.807, 2.05) is 0 Å². The molecule has 1 fully saturated rings. The Balaban J connectivity index is 1.51. The summed E-state index contributed by atoms with van der Waals surface area (Å²) < 4.78 is 22.7. The number of benzene rings is 2. The predicted molar refractivity (Wildman–Crippen MR) is 161 cm³/mol. The summed E-state index contributed by atoms with van der Waals surface area (Å²) in [6.07, 6.45) is 5.61. The predicted octanol–water partition coefficient (Wildman–Crippen LogP) is 6.23. The molecule has 0 unspecified atom stereocenters. The topological polar surface area (TPSA) is 60.5 Å². The number of rotatable bonds is 9. The van der Waals surface area contributed by atoms with Gasteiger partial charge in [0.15, 0.2) is 23.0 Å². The minimum atomic E-state index is 0.0314. The van der Waals surface area contributed by atoms with Crippen LogP contribution in [0.15, 0.2) is 24.3 Å². The van der Waals surface area contributed by atoms with Crippen molar-refractivity contribution in [2.24, 2.45) is 17.8 Å². The lowest BCUT2D eigenvalue weighted by molar-refractivity contribution is -0.135. The molecular weight excluding hydrogens is 516 g/mol. The van der Waals surface area contributed by atoms with Crippen LogP contribution >= 0.6 is 0 Å². The number of nitrogens with zero attached hydrogens (tertiary/aromatic N) is 2. The van der Waals surface area contributed by atoms with Crippen LogP contribution in [0.2, 0.25) is 0 Å². The molecule has 0 bridgehead atoms. The number of piperidine rings is 1. The molecule has 2 aromatic rings. The Labute approximate surface area is 246 Å². The standard InChI is InChI=1S/C34H48N2O5/c1-8-22-20-35-11-9-23-16-30(38-4)32(40-6)18-26(23)28(35)14-25(22)15-29-27-19-33(41-7)31(39-5)17-24(27)10-12-36(29)34(37)13-21(2)3/h16-19,21-22,25,28-29H,8-15,20H2,1-7H3/t22-,25-,28+,29-/m1/s1. The van der Waals surface area contributed by atoms with Crippen LogP contribution < -0.4 is 18.9 Å². The average Bonchev–Trinajstić information content (AvgIpc) is 2.98. The minimum absolute atomic E-state index is 0.0314. The highest BCUT2D eigenvalue weighted by atomic mass is 16.5. The van der Waals surface area contributed by atoms with Gasteiger partial charge in [0, 0.05) is 32.1 Å². The summed E-state index contributed by atoms with van der Waals surface area (Å²) in [5, 5.41) is 0. The molecule has 2 aromatic carbocycles. The highest BCUT2D eigenvalue weighted by Gasteiger charge is 2.42. The van der Waals surface area contributed by atoms with Crippen molar-refractivity contribution in [2.45, 2.75) is 71.4 Å². The highest BCUT2D eigenvalue weighted by molar-refractivity contribution is 5.77. The van der Waals surface area contributed by atoms with E-state index >= 15 is 0 Å². The number of hydrogen-bond acceptors (Lipinski definition) is 6. The number of carbonyl (C=O) groups is 1. The van der Waals surface area contributed by atoms with Crippen LogP contribution in [0, 0.1) is 17.8 Å². The molecule has 224 valence electrons. The van der Waals surface area contributed by atoms with Crippen LogP contribution in [-0.2, 0) is 17.6 Å². The van der Waals surface area contributed by atoms with Gasteiger partial charge in [0.2, 0.25) is 5.91 Å². The van der Waals surface area contributed by atoms with Gasteiger partial charge in [-0.15, -0.1) is 0 Å². The van der Waals surface area contributed by atoms with E-state index in [0.717, 1.165) is 74.7 Å². The molecule has 3 heterocycles. The number of carbonyl (C=O) groups excluding carboxylic acids is 1. The number of fused-ring (bicyclic) bond motifs is 4. The lowest BCUT2D eigenvalue weighted by Crippen LogP contribution is -2.47. The molecule has 3 aliphatic rings. The first-order valence-corrected chi connectivity index (χ1v) is 15.3. The maximum Gasteiger partial charge on any atom is 0.223 e. The third kappa shape index (κ3) is 5.75. The third-order valence-electron chi connectivity index (χ3n) is 9.73. The Bertz CT molecular complexity index is 1240. The second-order valence-electron chi connectivity index (χ2n) is 12.4. The van der Waals surface area contributed by atoms with Gasteiger partial charge in [-0.25, -0.2) is 0 Å². The van der Waals surface area contributed by atoms with Crippen molar-refractivity contribution < 1.29 is 23.7 Å². The van der Waals surface area contributed by atoms with E-state index in [9.17, 15) is 4.79 Å². The van der Waals surface area contributed by atoms with E-state index in [2.05, 4.69) is 54.8 Å². The Morgan fingerprint density at radius 3 is 1.98 bits per heavy atom. The van der Waals surface area contributed by atoms with E-state index in [0.29, 0.717) is 30.2 Å². The van der Waals surface area contributed by atoms with E-state index in [4.69, 9.17) is 18.9 Å². The van der Waals surface area contributed by atoms with Crippen molar-refractivity contribution in [3.8, 4) is 23.0 Å². The molecule has 0 aromatic heterocycles. The summed E-state index contributed by atoms with van der Waals surface area (Å²) in [6, 6.07) is 9.03. The number of amides is 1. The first-order valence-electron chi connectivity index (χ1n) is 15.3. The molecule has 1 amide bonds. The van der Waals surface area contributed by atoms with Gasteiger partial charge >= 0.3 is 0 Å². The van der Waals surface area contributed by atoms with Crippen LogP contribution in [0.4, 0.5) is 0 Å². The van der Waals surface area contributed by atoms with E-state index in [1.165, 1.54) is 22.3 Å². The first kappa shape index (κ1) is 29.6. The smallest absolute Gasteiger partial charge is 0.223 e. The molecule has 0 spiro atoms. The van der Waals surface area contributed by atoms with Gasteiger partial charge in [0.05, 0.1) is 34.5 Å². The van der Waals surface area contributed by atoms with Gasteiger partial charge in [0.25, 0.3) is 0 Å². The second-order valence-corrected chi connectivity index (χ2v) is 12.4. The van der Waals surface area contributed by atoms with E-state index in [1.54, 1.807) is 28.4 Å². The van der Waals surface area contributed by atoms with Crippen molar-refractivity contribution in [3.63, 3.8) is 0 Å². The Kier molecular flexibility index (Phi) is 9.03. The van der Waals surface area contributed by atoms with Gasteiger partial charge in [-0.3, -0.25) is 9.69 Å². The van der Waals surface area contributed by atoms with E-state index in [-0.39, 0.29) is 11.9 Å². The lowest BCUT2D eigenvalue weighted by Gasteiger charge is -2.49. The average molecular weight is 565 g/mol. The zero-order valence-electron chi connectivity index (χ0n) is 26.0. The van der Waals surface area contributed by atoms with Crippen molar-refractivity contribution in [2.75, 3.05) is 48.1 Å². The minimum Gasteiger partial charge on any atom is -0.493 e. The SMILES string of the molecule is CC[C@@H]1CN2CCc3cc(OC)c(OC)cc3[C@@H]2C[C@@H]1C[C@@H]1c2cc(OC)c(OC)cc2CCN1C(=O)CC(C)C. The summed E-state index contributed by atoms with van der Waals surface area (Å²) >= 11 is 0. The van der Waals surface area contributed by atoms with Gasteiger partial charge in [-0.1, -0.05) is 27.2 Å². The van der Waals surface area contributed by atoms with Crippen LogP contribution in [-0.4, -0.2) is 63.8 Å². The van der Waals surface area contributed by atoms with Crippen molar-refractivity contribution >= 4 is 5.91 Å². The maximum atomic E-state index is 13.7. The van der Waals surface area contributed by atoms with Gasteiger partial charge in [-0.05, 0) is 90.0 Å². The van der Waals surface area contributed by atoms with Gasteiger partial charge in [0.1, 0.15) is 0 Å². The lowest BCUT2D eigenvalue weighted by atomic mass is 9.72. The molecule has 0 N–H and O–H groups in total. The van der Waals surface area contributed by atoms with Crippen molar-refractivity contribution in [3.05, 3.63) is 46.5 Å². The molecule has 1 saturated heterocycles. The fraction of sp³-hybridized carbons (Fsp3) is 0.618. The summed E-state index contributed by atoms with van der Waals surface area (Å²) in [6.45, 7) is 9.49. The largest absolute Gasteiger partial charge is 0.493 e. The monoisotopic (exact) mass is 564 g/mol. The Morgan fingerprint density at radius 2 is 1.39 bits per heavy atom. The Hall–Kier alpha value is -2.93. The van der Waals surface area contributed by atoms with Crippen LogP contribution in [0.5, 0.6) is 23.0 Å². The fourth-order valence-corrected chi connectivity index (χ4v) is 7.59. The molecule has 5 rings (SSSR count). The summed E-state index contributed by atoms with van der Waals surface area (Å²) in [7, 11) is 6.81. The van der Waals surface area contributed by atoms with Crippen LogP contribution in [0.25, 0.3) is 0 Å². The molecule has 41 heavy (non-hydrogen) atoms. The first-order chi connectivity index (χ1) is 19.8. The van der Waals surface area contributed by atoms with Gasteiger partial charge in [-0.2, -0.15) is 0 Å². The zero-order valence-corrected chi connectivity index (χ0v) is 26.0. The quantitative estimate of drug-likeness (QED) is 0.360. The molecule has 3 aliphatic heterocycles. The third-order valence-corrected chi connectivity index (χ3v) is 9.73.